The molecular weight excluding hydrogens is 406 g/mol. The molecule has 2 aromatic heterocycles. The predicted molar refractivity (Wildman–Crippen MR) is 111 cm³/mol. The van der Waals surface area contributed by atoms with Crippen molar-refractivity contribution < 1.29 is 18.4 Å². The van der Waals surface area contributed by atoms with Crippen molar-refractivity contribution in [1.82, 2.24) is 19.7 Å². The molecule has 1 saturated heterocycles. The number of alkyl halides is 2. The lowest BCUT2D eigenvalue weighted by Crippen LogP contribution is -2.47. The van der Waals surface area contributed by atoms with Crippen molar-refractivity contribution in [2.24, 2.45) is 5.92 Å². The van der Waals surface area contributed by atoms with E-state index in [0.717, 1.165) is 11.8 Å². The first-order valence-corrected chi connectivity index (χ1v) is 10.1. The standard InChI is InChI=1S/C21H24F2N6O2/c1-4-14-7-19(30)29(13(14)3)17-9-25-28-10-12(2)27(11-18(17)28)21(31)26-15-5-6-24-16(8-15)20(22)23/h4-6,8-9,12-14,20H,1,7,10-11H2,2-3H3,(H,24,26,31)/t12-,13-,14-/m0/s1. The molecule has 0 aromatic carbocycles. The highest BCUT2D eigenvalue weighted by Crippen LogP contribution is 2.35. The number of aromatic nitrogens is 3. The van der Waals surface area contributed by atoms with Crippen LogP contribution < -0.4 is 10.2 Å². The minimum Gasteiger partial charge on any atom is -0.314 e. The number of pyridine rings is 1. The number of anilines is 2. The number of halogens is 2. The maximum Gasteiger partial charge on any atom is 0.322 e. The molecule has 0 saturated carbocycles. The molecule has 8 nitrogen and oxygen atoms in total. The fourth-order valence-corrected chi connectivity index (χ4v) is 4.22. The number of carbonyl (C=O) groups excluding carboxylic acids is 2. The van der Waals surface area contributed by atoms with Crippen LogP contribution in [0.15, 0.2) is 37.2 Å². The maximum absolute atomic E-state index is 12.9. The third kappa shape index (κ3) is 3.77. The van der Waals surface area contributed by atoms with Crippen molar-refractivity contribution in [2.45, 2.75) is 51.9 Å². The summed E-state index contributed by atoms with van der Waals surface area (Å²) in [4.78, 5) is 32.5. The van der Waals surface area contributed by atoms with E-state index >= 15 is 0 Å². The van der Waals surface area contributed by atoms with Gasteiger partial charge in [-0.25, -0.2) is 13.6 Å². The topological polar surface area (TPSA) is 83.4 Å². The summed E-state index contributed by atoms with van der Waals surface area (Å²) < 4.78 is 27.6. The van der Waals surface area contributed by atoms with Gasteiger partial charge < -0.3 is 15.1 Å². The SMILES string of the molecule is C=C[C@H]1CC(=O)N(c2cnn3c2CN(C(=O)Nc2ccnc(C(F)F)c2)[C@@H](C)C3)[C@H]1C. The Balaban J connectivity index is 1.56. The van der Waals surface area contributed by atoms with Crippen molar-refractivity contribution in [2.75, 3.05) is 10.2 Å². The van der Waals surface area contributed by atoms with Crippen LogP contribution in [-0.2, 0) is 17.9 Å². The lowest BCUT2D eigenvalue weighted by molar-refractivity contribution is -0.117. The molecule has 3 amide bonds. The fraction of sp³-hybridized carbons (Fsp3) is 0.429. The minimum atomic E-state index is -2.72. The number of amides is 3. The average Bonchev–Trinajstić information content (AvgIpc) is 3.26. The summed E-state index contributed by atoms with van der Waals surface area (Å²) in [6.45, 7) is 8.38. The minimum absolute atomic E-state index is 0.000799. The van der Waals surface area contributed by atoms with Gasteiger partial charge in [-0.3, -0.25) is 14.5 Å². The first-order chi connectivity index (χ1) is 14.8. The quantitative estimate of drug-likeness (QED) is 0.752. The second-order valence-electron chi connectivity index (χ2n) is 7.94. The van der Waals surface area contributed by atoms with Crippen LogP contribution in [0.1, 0.15) is 38.1 Å². The number of fused-ring (bicyclic) bond motifs is 1. The van der Waals surface area contributed by atoms with E-state index in [-0.39, 0.29) is 36.1 Å². The Hall–Kier alpha value is -3.30. The third-order valence-electron chi connectivity index (χ3n) is 6.00. The van der Waals surface area contributed by atoms with Gasteiger partial charge in [0.25, 0.3) is 6.43 Å². The second-order valence-corrected chi connectivity index (χ2v) is 7.94. The van der Waals surface area contributed by atoms with Gasteiger partial charge >= 0.3 is 6.03 Å². The lowest BCUT2D eigenvalue weighted by atomic mass is 10.0. The molecule has 31 heavy (non-hydrogen) atoms. The molecular formula is C21H24F2N6O2. The zero-order chi connectivity index (χ0) is 22.3. The van der Waals surface area contributed by atoms with Crippen LogP contribution in [0.3, 0.4) is 0 Å². The van der Waals surface area contributed by atoms with Crippen LogP contribution in [0.4, 0.5) is 25.0 Å². The smallest absolute Gasteiger partial charge is 0.314 e. The van der Waals surface area contributed by atoms with Crippen LogP contribution in [0.25, 0.3) is 0 Å². The molecule has 4 rings (SSSR count). The summed E-state index contributed by atoms with van der Waals surface area (Å²) in [7, 11) is 0. The van der Waals surface area contributed by atoms with Gasteiger partial charge in [0.05, 0.1) is 36.7 Å². The number of urea groups is 1. The van der Waals surface area contributed by atoms with Gasteiger partial charge in [0.2, 0.25) is 5.91 Å². The van der Waals surface area contributed by atoms with Crippen LogP contribution in [0.2, 0.25) is 0 Å². The van der Waals surface area contributed by atoms with Crippen LogP contribution >= 0.6 is 0 Å². The van der Waals surface area contributed by atoms with E-state index in [0.29, 0.717) is 18.7 Å². The summed E-state index contributed by atoms with van der Waals surface area (Å²) in [5.74, 6) is 0.0554. The van der Waals surface area contributed by atoms with Crippen molar-refractivity contribution >= 4 is 23.3 Å². The molecule has 0 radical (unpaired) electrons. The molecule has 3 atom stereocenters. The number of hydrogen-bond donors (Lipinski definition) is 1. The molecule has 1 N–H and O–H groups in total. The molecule has 0 spiro atoms. The second kappa shape index (κ2) is 8.09. The van der Waals surface area contributed by atoms with Gasteiger partial charge in [-0.05, 0) is 26.0 Å². The number of rotatable bonds is 4. The molecule has 2 aliphatic heterocycles. The van der Waals surface area contributed by atoms with Crippen molar-refractivity contribution in [3.8, 4) is 0 Å². The Morgan fingerprint density at radius 2 is 2.16 bits per heavy atom. The zero-order valence-corrected chi connectivity index (χ0v) is 17.3. The monoisotopic (exact) mass is 430 g/mol. The van der Waals surface area contributed by atoms with Gasteiger partial charge in [0, 0.05) is 30.3 Å². The normalized spacial score (nSPS) is 23.3. The number of carbonyl (C=O) groups is 2. The Labute approximate surface area is 178 Å². The number of nitrogens with one attached hydrogen (secondary N) is 1. The largest absolute Gasteiger partial charge is 0.322 e. The summed E-state index contributed by atoms with van der Waals surface area (Å²) >= 11 is 0. The van der Waals surface area contributed by atoms with Crippen molar-refractivity contribution in [3.63, 3.8) is 0 Å². The Bertz CT molecular complexity index is 1020. The average molecular weight is 430 g/mol. The van der Waals surface area contributed by atoms with E-state index in [4.69, 9.17) is 0 Å². The van der Waals surface area contributed by atoms with Gasteiger partial charge in [-0.15, -0.1) is 6.58 Å². The predicted octanol–water partition coefficient (Wildman–Crippen LogP) is 3.58. The molecule has 10 heteroatoms. The van der Waals surface area contributed by atoms with E-state index in [1.165, 1.54) is 12.3 Å². The summed E-state index contributed by atoms with van der Waals surface area (Å²) in [6.07, 6.45) is 2.37. The Kier molecular flexibility index (Phi) is 5.47. The first-order valence-electron chi connectivity index (χ1n) is 10.1. The molecule has 0 bridgehead atoms. The molecule has 2 aliphatic rings. The highest BCUT2D eigenvalue weighted by molar-refractivity contribution is 5.97. The first kappa shape index (κ1) is 21.0. The van der Waals surface area contributed by atoms with Gasteiger partial charge in [0.1, 0.15) is 5.69 Å². The Morgan fingerprint density at radius 3 is 2.84 bits per heavy atom. The number of nitrogens with zero attached hydrogens (tertiary/aromatic N) is 5. The van der Waals surface area contributed by atoms with Crippen molar-refractivity contribution in [3.05, 3.63) is 48.6 Å². The van der Waals surface area contributed by atoms with Gasteiger partial charge in [0.15, 0.2) is 0 Å². The van der Waals surface area contributed by atoms with Crippen molar-refractivity contribution in [1.29, 1.82) is 0 Å². The molecule has 164 valence electrons. The highest BCUT2D eigenvalue weighted by Gasteiger charge is 2.39. The van der Waals surface area contributed by atoms with E-state index in [1.807, 2.05) is 18.5 Å². The summed E-state index contributed by atoms with van der Waals surface area (Å²) in [5.41, 5.74) is 1.30. The zero-order valence-electron chi connectivity index (χ0n) is 17.3. The van der Waals surface area contributed by atoms with Crippen LogP contribution in [0.5, 0.6) is 0 Å². The molecule has 4 heterocycles. The van der Waals surface area contributed by atoms with Crippen LogP contribution in [-0.4, -0.2) is 43.7 Å². The molecule has 1 fully saturated rings. The van der Waals surface area contributed by atoms with Gasteiger partial charge in [-0.1, -0.05) is 6.08 Å². The molecule has 2 aromatic rings. The molecule has 0 aliphatic carbocycles. The highest BCUT2D eigenvalue weighted by atomic mass is 19.3. The summed E-state index contributed by atoms with van der Waals surface area (Å²) in [6, 6.07) is 1.98. The number of hydrogen-bond acceptors (Lipinski definition) is 4. The van der Waals surface area contributed by atoms with Crippen LogP contribution in [0, 0.1) is 5.92 Å². The lowest BCUT2D eigenvalue weighted by Gasteiger charge is -2.35. The third-order valence-corrected chi connectivity index (χ3v) is 6.00. The Morgan fingerprint density at radius 1 is 1.39 bits per heavy atom. The van der Waals surface area contributed by atoms with E-state index in [1.54, 1.807) is 22.1 Å². The van der Waals surface area contributed by atoms with Gasteiger partial charge in [-0.2, -0.15) is 5.10 Å². The fourth-order valence-electron chi connectivity index (χ4n) is 4.22. The maximum atomic E-state index is 12.9. The van der Waals surface area contributed by atoms with E-state index in [2.05, 4.69) is 22.0 Å². The summed E-state index contributed by atoms with van der Waals surface area (Å²) in [5, 5.41) is 7.10. The van der Waals surface area contributed by atoms with E-state index in [9.17, 15) is 18.4 Å². The molecule has 0 unspecified atom stereocenters. The van der Waals surface area contributed by atoms with E-state index < -0.39 is 18.2 Å².